The Kier molecular flexibility index (Phi) is 2.82. The fraction of sp³-hybridized carbons (Fsp3) is 0.0833. The Labute approximate surface area is 98.0 Å². The van der Waals surface area contributed by atoms with Crippen LogP contribution < -0.4 is 16.2 Å². The smallest absolute Gasteiger partial charge is 0.133 e. The molecular formula is C12H12FN3O. The Hall–Kier alpha value is -2.30. The number of hydrogen-bond donors (Lipinski definition) is 2. The third-order valence-electron chi connectivity index (χ3n) is 2.36. The van der Waals surface area contributed by atoms with E-state index in [2.05, 4.69) is 4.98 Å². The SMILES string of the molecule is COc1cc(F)cc(-c2ccc(N)nc2N)c1. The molecule has 0 amide bonds. The number of methoxy groups -OCH3 is 1. The minimum atomic E-state index is -0.393. The summed E-state index contributed by atoms with van der Waals surface area (Å²) in [5, 5.41) is 0. The maximum absolute atomic E-state index is 13.3. The predicted molar refractivity (Wildman–Crippen MR) is 65.0 cm³/mol. The summed E-state index contributed by atoms with van der Waals surface area (Å²) < 4.78 is 18.3. The molecule has 0 radical (unpaired) electrons. The van der Waals surface area contributed by atoms with Crippen LogP contribution in [0.3, 0.4) is 0 Å². The fourth-order valence-electron chi connectivity index (χ4n) is 1.57. The third-order valence-corrected chi connectivity index (χ3v) is 2.36. The number of nitrogens with zero attached hydrogens (tertiary/aromatic N) is 1. The van der Waals surface area contributed by atoms with Gasteiger partial charge in [0.1, 0.15) is 23.2 Å². The Bertz CT molecular complexity index is 557. The van der Waals surface area contributed by atoms with Gasteiger partial charge in [0.05, 0.1) is 7.11 Å². The fourth-order valence-corrected chi connectivity index (χ4v) is 1.57. The molecule has 0 bridgehead atoms. The van der Waals surface area contributed by atoms with E-state index in [0.29, 0.717) is 22.7 Å². The van der Waals surface area contributed by atoms with E-state index in [9.17, 15) is 4.39 Å². The highest BCUT2D eigenvalue weighted by molar-refractivity contribution is 5.75. The minimum absolute atomic E-state index is 0.262. The summed E-state index contributed by atoms with van der Waals surface area (Å²) in [7, 11) is 1.48. The highest BCUT2D eigenvalue weighted by atomic mass is 19.1. The zero-order valence-electron chi connectivity index (χ0n) is 9.27. The van der Waals surface area contributed by atoms with E-state index in [4.69, 9.17) is 16.2 Å². The van der Waals surface area contributed by atoms with Gasteiger partial charge in [-0.15, -0.1) is 0 Å². The molecule has 1 heterocycles. The second kappa shape index (κ2) is 4.29. The topological polar surface area (TPSA) is 74.2 Å². The van der Waals surface area contributed by atoms with Crippen molar-refractivity contribution in [3.05, 3.63) is 36.1 Å². The first-order valence-electron chi connectivity index (χ1n) is 4.97. The van der Waals surface area contributed by atoms with Gasteiger partial charge in [0.25, 0.3) is 0 Å². The van der Waals surface area contributed by atoms with Crippen LogP contribution in [0.4, 0.5) is 16.0 Å². The summed E-state index contributed by atoms with van der Waals surface area (Å²) in [5.74, 6) is 0.624. The number of anilines is 2. The molecule has 0 aliphatic heterocycles. The summed E-state index contributed by atoms with van der Waals surface area (Å²) >= 11 is 0. The summed E-state index contributed by atoms with van der Waals surface area (Å²) in [5.41, 5.74) is 12.5. The van der Waals surface area contributed by atoms with Crippen LogP contribution in [0.1, 0.15) is 0 Å². The number of ether oxygens (including phenoxy) is 1. The maximum Gasteiger partial charge on any atom is 0.133 e. The van der Waals surface area contributed by atoms with Gasteiger partial charge in [0, 0.05) is 11.6 Å². The highest BCUT2D eigenvalue weighted by Gasteiger charge is 2.07. The molecule has 0 aliphatic rings. The lowest BCUT2D eigenvalue weighted by Crippen LogP contribution is -1.98. The lowest BCUT2D eigenvalue weighted by Gasteiger charge is -2.08. The zero-order chi connectivity index (χ0) is 12.4. The lowest BCUT2D eigenvalue weighted by atomic mass is 10.1. The Balaban J connectivity index is 2.55. The molecule has 4 nitrogen and oxygen atoms in total. The molecule has 1 aromatic carbocycles. The van der Waals surface area contributed by atoms with E-state index in [0.717, 1.165) is 0 Å². The second-order valence-corrected chi connectivity index (χ2v) is 3.55. The molecule has 0 spiro atoms. The van der Waals surface area contributed by atoms with Crippen molar-refractivity contribution in [1.82, 2.24) is 4.98 Å². The van der Waals surface area contributed by atoms with Crippen LogP contribution >= 0.6 is 0 Å². The van der Waals surface area contributed by atoms with Crippen molar-refractivity contribution >= 4 is 11.6 Å². The first-order chi connectivity index (χ1) is 8.10. The van der Waals surface area contributed by atoms with Crippen molar-refractivity contribution in [2.45, 2.75) is 0 Å². The van der Waals surface area contributed by atoms with Crippen LogP contribution in [0.2, 0.25) is 0 Å². The van der Waals surface area contributed by atoms with Crippen LogP contribution in [0.5, 0.6) is 5.75 Å². The molecule has 17 heavy (non-hydrogen) atoms. The monoisotopic (exact) mass is 233 g/mol. The minimum Gasteiger partial charge on any atom is -0.497 e. The van der Waals surface area contributed by atoms with Gasteiger partial charge < -0.3 is 16.2 Å². The van der Waals surface area contributed by atoms with Gasteiger partial charge in [-0.1, -0.05) is 0 Å². The molecule has 0 unspecified atom stereocenters. The van der Waals surface area contributed by atoms with Crippen molar-refractivity contribution in [3.8, 4) is 16.9 Å². The molecule has 5 heteroatoms. The summed E-state index contributed by atoms with van der Waals surface area (Å²) in [6.07, 6.45) is 0. The largest absolute Gasteiger partial charge is 0.497 e. The lowest BCUT2D eigenvalue weighted by molar-refractivity contribution is 0.411. The van der Waals surface area contributed by atoms with Gasteiger partial charge in [-0.25, -0.2) is 9.37 Å². The van der Waals surface area contributed by atoms with Crippen LogP contribution in [0, 0.1) is 5.82 Å². The van der Waals surface area contributed by atoms with E-state index in [1.165, 1.54) is 19.2 Å². The molecule has 0 saturated carbocycles. The van der Waals surface area contributed by atoms with Gasteiger partial charge >= 0.3 is 0 Å². The van der Waals surface area contributed by atoms with Gasteiger partial charge in [-0.2, -0.15) is 0 Å². The number of nitrogen functional groups attached to an aromatic ring is 2. The maximum atomic E-state index is 13.3. The Morgan fingerprint density at radius 2 is 1.94 bits per heavy atom. The van der Waals surface area contributed by atoms with Crippen molar-refractivity contribution in [2.24, 2.45) is 0 Å². The summed E-state index contributed by atoms with van der Waals surface area (Å²) in [4.78, 5) is 3.93. The molecule has 88 valence electrons. The predicted octanol–water partition coefficient (Wildman–Crippen LogP) is 2.06. The van der Waals surface area contributed by atoms with Crippen LogP contribution in [-0.2, 0) is 0 Å². The summed E-state index contributed by atoms with van der Waals surface area (Å²) in [6.45, 7) is 0. The number of halogens is 1. The highest BCUT2D eigenvalue weighted by Crippen LogP contribution is 2.29. The normalized spacial score (nSPS) is 10.2. The number of benzene rings is 1. The number of hydrogen-bond acceptors (Lipinski definition) is 4. The van der Waals surface area contributed by atoms with Crippen LogP contribution in [0.25, 0.3) is 11.1 Å². The van der Waals surface area contributed by atoms with Gasteiger partial charge in [0.15, 0.2) is 0 Å². The van der Waals surface area contributed by atoms with E-state index in [-0.39, 0.29) is 5.82 Å². The molecule has 2 rings (SSSR count). The third kappa shape index (κ3) is 2.28. The number of rotatable bonds is 2. The van der Waals surface area contributed by atoms with Gasteiger partial charge in [0.2, 0.25) is 0 Å². The number of pyridine rings is 1. The van der Waals surface area contributed by atoms with E-state index in [1.54, 1.807) is 18.2 Å². The molecule has 1 aromatic heterocycles. The van der Waals surface area contributed by atoms with E-state index >= 15 is 0 Å². The Morgan fingerprint density at radius 1 is 1.18 bits per heavy atom. The van der Waals surface area contributed by atoms with Crippen molar-refractivity contribution < 1.29 is 9.13 Å². The van der Waals surface area contributed by atoms with E-state index in [1.807, 2.05) is 0 Å². The quantitative estimate of drug-likeness (QED) is 0.832. The zero-order valence-corrected chi connectivity index (χ0v) is 9.27. The van der Waals surface area contributed by atoms with Crippen molar-refractivity contribution in [2.75, 3.05) is 18.6 Å². The molecule has 0 aliphatic carbocycles. The van der Waals surface area contributed by atoms with Crippen LogP contribution in [0.15, 0.2) is 30.3 Å². The second-order valence-electron chi connectivity index (χ2n) is 3.55. The molecular weight excluding hydrogens is 221 g/mol. The molecule has 4 N–H and O–H groups in total. The van der Waals surface area contributed by atoms with Crippen molar-refractivity contribution in [1.29, 1.82) is 0 Å². The number of aromatic nitrogens is 1. The first kappa shape index (κ1) is 11.2. The van der Waals surface area contributed by atoms with Gasteiger partial charge in [-0.3, -0.25) is 0 Å². The van der Waals surface area contributed by atoms with Gasteiger partial charge in [-0.05, 0) is 29.8 Å². The molecule has 0 saturated heterocycles. The summed E-state index contributed by atoms with van der Waals surface area (Å²) in [6, 6.07) is 7.66. The first-order valence-corrected chi connectivity index (χ1v) is 4.97. The standard InChI is InChI=1S/C12H12FN3O/c1-17-9-5-7(4-8(13)6-9)10-2-3-11(14)16-12(10)15/h2-6H,1H3,(H4,14,15,16). The molecule has 0 atom stereocenters. The van der Waals surface area contributed by atoms with Crippen LogP contribution in [-0.4, -0.2) is 12.1 Å². The van der Waals surface area contributed by atoms with Crippen molar-refractivity contribution in [3.63, 3.8) is 0 Å². The molecule has 2 aromatic rings. The number of nitrogens with two attached hydrogens (primary N) is 2. The molecule has 0 fully saturated rings. The van der Waals surface area contributed by atoms with E-state index < -0.39 is 5.82 Å². The average molecular weight is 233 g/mol. The average Bonchev–Trinajstić information content (AvgIpc) is 2.28. The Morgan fingerprint density at radius 3 is 2.59 bits per heavy atom.